The predicted octanol–water partition coefficient (Wildman–Crippen LogP) is 2.14. The van der Waals surface area contributed by atoms with Crippen molar-refractivity contribution in [3.63, 3.8) is 0 Å². The third kappa shape index (κ3) is 3.46. The number of thioether (sulfide) groups is 1. The van der Waals surface area contributed by atoms with Crippen molar-refractivity contribution in [1.82, 2.24) is 4.98 Å². The summed E-state index contributed by atoms with van der Waals surface area (Å²) in [5.41, 5.74) is 7.31. The molecule has 0 aliphatic rings. The van der Waals surface area contributed by atoms with E-state index in [1.54, 1.807) is 0 Å². The van der Waals surface area contributed by atoms with E-state index in [0.717, 1.165) is 30.2 Å². The first kappa shape index (κ1) is 11.2. The van der Waals surface area contributed by atoms with Gasteiger partial charge < -0.3 is 11.1 Å². The van der Waals surface area contributed by atoms with Gasteiger partial charge in [-0.1, -0.05) is 0 Å². The number of aryl methyl sites for hydroxylation is 1. The Morgan fingerprint density at radius 1 is 1.50 bits per heavy atom. The van der Waals surface area contributed by atoms with E-state index in [1.165, 1.54) is 5.75 Å². The van der Waals surface area contributed by atoms with Gasteiger partial charge in [0.1, 0.15) is 5.82 Å². The van der Waals surface area contributed by atoms with Gasteiger partial charge in [0, 0.05) is 6.54 Å². The lowest BCUT2D eigenvalue weighted by Crippen LogP contribution is -2.05. The van der Waals surface area contributed by atoms with Gasteiger partial charge in [0.2, 0.25) is 0 Å². The van der Waals surface area contributed by atoms with E-state index in [9.17, 15) is 0 Å². The standard InChI is InChI=1S/C10H17N3S/c1-8-9(11)4-5-10(13-8)12-6-3-7-14-2/h4-5H,3,6-7,11H2,1-2H3,(H,12,13). The molecule has 0 bridgehead atoms. The average molecular weight is 211 g/mol. The molecule has 1 rings (SSSR count). The number of aromatic nitrogens is 1. The molecule has 0 fully saturated rings. The number of nitrogens with zero attached hydrogens (tertiary/aromatic N) is 1. The Kier molecular flexibility index (Phi) is 4.59. The van der Waals surface area contributed by atoms with E-state index in [0.29, 0.717) is 0 Å². The van der Waals surface area contributed by atoms with E-state index < -0.39 is 0 Å². The smallest absolute Gasteiger partial charge is 0.126 e. The quantitative estimate of drug-likeness (QED) is 0.733. The average Bonchev–Trinajstić information content (AvgIpc) is 2.18. The molecular formula is C10H17N3S. The number of nitrogen functional groups attached to an aromatic ring is 1. The van der Waals surface area contributed by atoms with Crippen molar-refractivity contribution in [3.8, 4) is 0 Å². The van der Waals surface area contributed by atoms with Gasteiger partial charge in [0.15, 0.2) is 0 Å². The van der Waals surface area contributed by atoms with Gasteiger partial charge in [-0.25, -0.2) is 4.98 Å². The molecule has 0 unspecified atom stereocenters. The maximum atomic E-state index is 5.67. The molecule has 4 heteroatoms. The second-order valence-corrected chi connectivity index (χ2v) is 4.13. The van der Waals surface area contributed by atoms with Gasteiger partial charge in [-0.2, -0.15) is 11.8 Å². The van der Waals surface area contributed by atoms with Crippen LogP contribution in [0.1, 0.15) is 12.1 Å². The summed E-state index contributed by atoms with van der Waals surface area (Å²) >= 11 is 1.86. The van der Waals surface area contributed by atoms with Crippen LogP contribution >= 0.6 is 11.8 Å². The van der Waals surface area contributed by atoms with E-state index in [4.69, 9.17) is 5.73 Å². The van der Waals surface area contributed by atoms with Crippen molar-refractivity contribution in [2.75, 3.05) is 29.6 Å². The normalized spacial score (nSPS) is 10.1. The number of anilines is 2. The molecule has 0 spiro atoms. The number of pyridine rings is 1. The van der Waals surface area contributed by atoms with Crippen LogP contribution in [0.5, 0.6) is 0 Å². The lowest BCUT2D eigenvalue weighted by molar-refractivity contribution is 0.978. The van der Waals surface area contributed by atoms with Crippen LogP contribution in [0.25, 0.3) is 0 Å². The van der Waals surface area contributed by atoms with Crippen molar-refractivity contribution in [2.45, 2.75) is 13.3 Å². The molecule has 14 heavy (non-hydrogen) atoms. The summed E-state index contributed by atoms with van der Waals surface area (Å²) in [6.07, 6.45) is 3.28. The molecule has 0 saturated carbocycles. The summed E-state index contributed by atoms with van der Waals surface area (Å²) in [5, 5.41) is 3.27. The lowest BCUT2D eigenvalue weighted by Gasteiger charge is -2.06. The third-order valence-corrected chi connectivity index (χ3v) is 2.65. The largest absolute Gasteiger partial charge is 0.397 e. The van der Waals surface area contributed by atoms with Crippen LogP contribution < -0.4 is 11.1 Å². The molecule has 0 aromatic carbocycles. The Morgan fingerprint density at radius 3 is 2.93 bits per heavy atom. The number of nitrogens with one attached hydrogen (secondary N) is 1. The first-order valence-corrected chi connectivity index (χ1v) is 6.09. The number of hydrogen-bond donors (Lipinski definition) is 2. The van der Waals surface area contributed by atoms with E-state index in [2.05, 4.69) is 16.6 Å². The molecule has 1 aromatic rings. The van der Waals surface area contributed by atoms with E-state index in [1.807, 2.05) is 30.8 Å². The maximum absolute atomic E-state index is 5.67. The number of rotatable bonds is 5. The van der Waals surface area contributed by atoms with Crippen molar-refractivity contribution >= 4 is 23.3 Å². The van der Waals surface area contributed by atoms with Crippen LogP contribution in [0.3, 0.4) is 0 Å². The zero-order chi connectivity index (χ0) is 10.4. The SMILES string of the molecule is CSCCCNc1ccc(N)c(C)n1. The molecular weight excluding hydrogens is 194 g/mol. The lowest BCUT2D eigenvalue weighted by atomic mass is 10.3. The van der Waals surface area contributed by atoms with Gasteiger partial charge in [0.05, 0.1) is 11.4 Å². The summed E-state index contributed by atoms with van der Waals surface area (Å²) in [6.45, 7) is 2.89. The van der Waals surface area contributed by atoms with Crippen LogP contribution in [0.4, 0.5) is 11.5 Å². The number of nitrogens with two attached hydrogens (primary N) is 1. The van der Waals surface area contributed by atoms with Crippen molar-refractivity contribution in [3.05, 3.63) is 17.8 Å². The Bertz CT molecular complexity index is 289. The first-order valence-electron chi connectivity index (χ1n) is 4.70. The monoisotopic (exact) mass is 211 g/mol. The van der Waals surface area contributed by atoms with E-state index >= 15 is 0 Å². The molecule has 78 valence electrons. The number of hydrogen-bond acceptors (Lipinski definition) is 4. The van der Waals surface area contributed by atoms with Gasteiger partial charge >= 0.3 is 0 Å². The summed E-state index contributed by atoms with van der Waals surface area (Å²) in [5.74, 6) is 2.10. The fourth-order valence-corrected chi connectivity index (χ4v) is 1.54. The third-order valence-electron chi connectivity index (χ3n) is 1.96. The fraction of sp³-hybridized carbons (Fsp3) is 0.500. The molecule has 1 heterocycles. The van der Waals surface area contributed by atoms with Crippen LogP contribution in [-0.2, 0) is 0 Å². The summed E-state index contributed by atoms with van der Waals surface area (Å²) in [4.78, 5) is 4.33. The predicted molar refractivity (Wildman–Crippen MR) is 64.9 cm³/mol. The van der Waals surface area contributed by atoms with Gasteiger partial charge in [-0.15, -0.1) is 0 Å². The molecule has 0 atom stereocenters. The van der Waals surface area contributed by atoms with Gasteiger partial charge in [-0.3, -0.25) is 0 Å². The minimum atomic E-state index is 0.750. The minimum absolute atomic E-state index is 0.750. The highest BCUT2D eigenvalue weighted by molar-refractivity contribution is 7.98. The molecule has 0 aliphatic carbocycles. The highest BCUT2D eigenvalue weighted by Crippen LogP contribution is 2.11. The van der Waals surface area contributed by atoms with Gasteiger partial charge in [-0.05, 0) is 37.5 Å². The second-order valence-electron chi connectivity index (χ2n) is 3.14. The molecule has 3 N–H and O–H groups in total. The summed E-state index contributed by atoms with van der Waals surface area (Å²) < 4.78 is 0. The van der Waals surface area contributed by atoms with Gasteiger partial charge in [0.25, 0.3) is 0 Å². The van der Waals surface area contributed by atoms with Crippen LogP contribution in [-0.4, -0.2) is 23.5 Å². The second kappa shape index (κ2) is 5.75. The van der Waals surface area contributed by atoms with Crippen molar-refractivity contribution < 1.29 is 0 Å². The molecule has 1 aromatic heterocycles. The Morgan fingerprint density at radius 2 is 2.29 bits per heavy atom. The van der Waals surface area contributed by atoms with E-state index in [-0.39, 0.29) is 0 Å². The minimum Gasteiger partial charge on any atom is -0.397 e. The highest BCUT2D eigenvalue weighted by atomic mass is 32.2. The Hall–Kier alpha value is -0.900. The molecule has 0 amide bonds. The summed E-state index contributed by atoms with van der Waals surface area (Å²) in [7, 11) is 0. The molecule has 0 radical (unpaired) electrons. The fourth-order valence-electron chi connectivity index (χ4n) is 1.10. The highest BCUT2D eigenvalue weighted by Gasteiger charge is 1.97. The first-order chi connectivity index (χ1) is 6.74. The van der Waals surface area contributed by atoms with Crippen LogP contribution in [0, 0.1) is 6.92 Å². The Balaban J connectivity index is 2.39. The molecule has 0 saturated heterocycles. The zero-order valence-corrected chi connectivity index (χ0v) is 9.53. The van der Waals surface area contributed by atoms with Crippen molar-refractivity contribution in [1.29, 1.82) is 0 Å². The Labute approximate surface area is 89.5 Å². The summed E-state index contributed by atoms with van der Waals surface area (Å²) in [6, 6.07) is 3.81. The maximum Gasteiger partial charge on any atom is 0.126 e. The van der Waals surface area contributed by atoms with Crippen molar-refractivity contribution in [2.24, 2.45) is 0 Å². The van der Waals surface area contributed by atoms with Crippen LogP contribution in [0.2, 0.25) is 0 Å². The topological polar surface area (TPSA) is 50.9 Å². The molecule has 0 aliphatic heterocycles. The van der Waals surface area contributed by atoms with Crippen LogP contribution in [0.15, 0.2) is 12.1 Å². The zero-order valence-electron chi connectivity index (χ0n) is 8.71. The molecule has 3 nitrogen and oxygen atoms in total.